The summed E-state index contributed by atoms with van der Waals surface area (Å²) in [4.78, 5) is 40.2. The molecule has 53 heavy (non-hydrogen) atoms. The van der Waals surface area contributed by atoms with Crippen LogP contribution in [0.15, 0.2) is 54.9 Å². The van der Waals surface area contributed by atoms with Gasteiger partial charge in [0, 0.05) is 86.4 Å². The number of carbonyl (C=O) groups excluding carboxylic acids is 2. The van der Waals surface area contributed by atoms with Crippen LogP contribution in [0.25, 0.3) is 22.2 Å². The number of hydrogen-bond donors (Lipinski definition) is 2. The molecule has 3 aliphatic heterocycles. The second-order valence-electron chi connectivity index (χ2n) is 14.8. The van der Waals surface area contributed by atoms with E-state index in [0.29, 0.717) is 30.2 Å². The molecule has 0 saturated carbocycles. The summed E-state index contributed by atoms with van der Waals surface area (Å²) in [6, 6.07) is 12.4. The van der Waals surface area contributed by atoms with Gasteiger partial charge in [0.25, 0.3) is 0 Å². The van der Waals surface area contributed by atoms with Crippen LogP contribution in [0.2, 0.25) is 0 Å². The molecule has 282 valence electrons. The van der Waals surface area contributed by atoms with E-state index in [1.54, 1.807) is 17.2 Å². The maximum atomic E-state index is 15.6. The van der Waals surface area contributed by atoms with Gasteiger partial charge in [-0.1, -0.05) is 12.1 Å². The van der Waals surface area contributed by atoms with Crippen LogP contribution in [-0.4, -0.2) is 111 Å². The highest BCUT2D eigenvalue weighted by Crippen LogP contribution is 2.32. The number of piperazine rings is 1. The maximum Gasteiger partial charge on any atom is 0.410 e. The number of aromatic nitrogens is 2. The molecular weight excluding hydrogens is 708 g/mol. The summed E-state index contributed by atoms with van der Waals surface area (Å²) in [5.41, 5.74) is 1.49. The molecule has 2 aromatic heterocycles. The van der Waals surface area contributed by atoms with Crippen LogP contribution in [0.3, 0.4) is 0 Å². The number of nitrogens with one attached hydrogen (secondary N) is 2. The van der Waals surface area contributed by atoms with Gasteiger partial charge in [0.15, 0.2) is 17.4 Å². The number of aromatic amines is 1. The van der Waals surface area contributed by atoms with E-state index >= 15 is 8.78 Å². The Labute approximate surface area is 309 Å². The van der Waals surface area contributed by atoms with Gasteiger partial charge in [-0.3, -0.25) is 9.69 Å². The first-order valence-corrected chi connectivity index (χ1v) is 19.1. The van der Waals surface area contributed by atoms with Crippen molar-refractivity contribution in [2.24, 2.45) is 0 Å². The van der Waals surface area contributed by atoms with Crippen molar-refractivity contribution in [2.75, 3.05) is 62.0 Å². The summed E-state index contributed by atoms with van der Waals surface area (Å²) in [5.74, 6) is -3.14. The van der Waals surface area contributed by atoms with Crippen LogP contribution in [-0.2, 0) is 16.3 Å². The van der Waals surface area contributed by atoms with E-state index in [2.05, 4.69) is 36.6 Å². The Morgan fingerprint density at radius 2 is 1.68 bits per heavy atom. The second-order valence-corrected chi connectivity index (χ2v) is 16.0. The van der Waals surface area contributed by atoms with Gasteiger partial charge in [0.05, 0.1) is 12.1 Å². The highest BCUT2D eigenvalue weighted by atomic mass is 32.2. The fourth-order valence-corrected chi connectivity index (χ4v) is 8.31. The van der Waals surface area contributed by atoms with Crippen molar-refractivity contribution >= 4 is 45.8 Å². The number of H-pyrrole nitrogens is 1. The van der Waals surface area contributed by atoms with Crippen LogP contribution < -0.4 is 9.62 Å². The first-order valence-electron chi connectivity index (χ1n) is 18.0. The number of alkyl halides is 1. The lowest BCUT2D eigenvalue weighted by Crippen LogP contribution is -2.55. The average Bonchev–Trinajstić information content (AvgIpc) is 3.78. The molecule has 1 amide bonds. The van der Waals surface area contributed by atoms with Gasteiger partial charge in [0.1, 0.15) is 28.9 Å². The van der Waals surface area contributed by atoms with Crippen LogP contribution in [0.4, 0.5) is 29.3 Å². The van der Waals surface area contributed by atoms with E-state index in [9.17, 15) is 18.5 Å². The fraction of sp³-hybridized carbons (Fsp3) is 0.447. The van der Waals surface area contributed by atoms with Gasteiger partial charge in [-0.05, 0) is 75.9 Å². The normalized spacial score (nSPS) is 19.9. The Kier molecular flexibility index (Phi) is 10.6. The van der Waals surface area contributed by atoms with Gasteiger partial charge in [-0.2, -0.15) is 4.72 Å². The first kappa shape index (κ1) is 37.0. The summed E-state index contributed by atoms with van der Waals surface area (Å²) < 4.78 is 66.3. The lowest BCUT2D eigenvalue weighted by Gasteiger charge is -2.43. The highest BCUT2D eigenvalue weighted by Gasteiger charge is 2.34. The first-order chi connectivity index (χ1) is 25.3. The quantitative estimate of drug-likeness (QED) is 0.158. The molecule has 2 N–H and O–H groups in total. The average molecular weight is 752 g/mol. The Balaban J connectivity index is 0.994. The highest BCUT2D eigenvalue weighted by molar-refractivity contribution is 7.90. The number of piperidine rings is 1. The largest absolute Gasteiger partial charge is 0.573 e. The van der Waals surface area contributed by atoms with Crippen molar-refractivity contribution in [3.8, 4) is 11.1 Å². The van der Waals surface area contributed by atoms with E-state index in [0.717, 1.165) is 68.0 Å². The summed E-state index contributed by atoms with van der Waals surface area (Å²) >= 11 is -1.97. The number of halogens is 3. The van der Waals surface area contributed by atoms with Crippen molar-refractivity contribution in [1.29, 1.82) is 0 Å². The predicted molar refractivity (Wildman–Crippen MR) is 199 cm³/mol. The minimum atomic E-state index is -1.97. The Morgan fingerprint density at radius 3 is 2.34 bits per heavy atom. The molecule has 3 aliphatic rings. The zero-order chi connectivity index (χ0) is 37.4. The zero-order valence-corrected chi connectivity index (χ0v) is 30.9. The van der Waals surface area contributed by atoms with Crippen molar-refractivity contribution in [1.82, 2.24) is 24.1 Å². The molecule has 11 nitrogen and oxygen atoms in total. The molecule has 3 fully saturated rings. The Hall–Kier alpha value is -4.31. The Morgan fingerprint density at radius 1 is 0.962 bits per heavy atom. The number of fused-ring (bicyclic) bond motifs is 1. The number of carbonyl (C=O) groups is 2. The number of hydrogen-bond acceptors (Lipinski definition) is 9. The van der Waals surface area contributed by atoms with Crippen LogP contribution in [0.1, 0.15) is 56.0 Å². The van der Waals surface area contributed by atoms with Gasteiger partial charge < -0.3 is 24.1 Å². The molecule has 5 heterocycles. The maximum absolute atomic E-state index is 15.6. The van der Waals surface area contributed by atoms with Gasteiger partial charge in [-0.25, -0.2) is 22.9 Å². The molecule has 2 unspecified atom stereocenters. The summed E-state index contributed by atoms with van der Waals surface area (Å²) in [5, 5.41) is 0.400. The van der Waals surface area contributed by atoms with E-state index in [4.69, 9.17) is 4.74 Å². The standard InChI is InChI=1S/C38H44F3N7O4S/c1-38(2,3)52-37(50)47-18-16-46(17-19-47)28-11-13-45(14-12-28)27-6-4-24(5-7-27)25-20-29-30(22-43-36(29)42-21-25)35(49)33-31(40)8-9-32(34(33)41)44-53(51)48-15-10-26(39)23-48/h4-9,20-22,26,28,44H,10-19,23H2,1-3H3,(H,42,43). The topological polar surface area (TPSA) is 120 Å². The lowest BCUT2D eigenvalue weighted by atomic mass is 9.99. The third-order valence-corrected chi connectivity index (χ3v) is 11.3. The van der Waals surface area contributed by atoms with Gasteiger partial charge in [0.2, 0.25) is 5.78 Å². The third kappa shape index (κ3) is 8.13. The van der Waals surface area contributed by atoms with E-state index < -0.39 is 46.3 Å². The third-order valence-electron chi connectivity index (χ3n) is 10.1. The van der Waals surface area contributed by atoms with E-state index in [1.165, 1.54) is 10.5 Å². The Bertz CT molecular complexity index is 1960. The number of nitrogens with zero attached hydrogens (tertiary/aromatic N) is 5. The molecule has 0 spiro atoms. The van der Waals surface area contributed by atoms with E-state index in [-0.39, 0.29) is 36.9 Å². The smallest absolute Gasteiger partial charge is 0.410 e. The SMILES string of the molecule is CC(C)(C)OC(=O)N1CCN(C2CCN(c3ccc(-c4cnc5[nH]cc(C(=O)c6c(F)ccc(N[S+]([O-])N7CCC(F)C7)c6F)c5c4)cc3)CC2)CC1. The number of benzene rings is 2. The molecule has 0 radical (unpaired) electrons. The van der Waals surface area contributed by atoms with Gasteiger partial charge in [-0.15, -0.1) is 4.31 Å². The van der Waals surface area contributed by atoms with Crippen LogP contribution in [0.5, 0.6) is 0 Å². The van der Waals surface area contributed by atoms with E-state index in [1.807, 2.05) is 32.9 Å². The number of pyridine rings is 1. The molecule has 0 aliphatic carbocycles. The van der Waals surface area contributed by atoms with Gasteiger partial charge >= 0.3 is 6.09 Å². The van der Waals surface area contributed by atoms with Crippen molar-refractivity contribution in [3.63, 3.8) is 0 Å². The zero-order valence-electron chi connectivity index (χ0n) is 30.0. The molecule has 15 heteroatoms. The predicted octanol–water partition coefficient (Wildman–Crippen LogP) is 6.30. The minimum absolute atomic E-state index is 0.0379. The van der Waals surface area contributed by atoms with Crippen molar-refractivity contribution in [3.05, 3.63) is 77.6 Å². The van der Waals surface area contributed by atoms with Crippen LogP contribution in [0, 0.1) is 11.6 Å². The molecule has 3 saturated heterocycles. The number of ketones is 1. The molecule has 2 aromatic carbocycles. The fourth-order valence-electron chi connectivity index (χ4n) is 7.27. The summed E-state index contributed by atoms with van der Waals surface area (Å²) in [6.07, 6.45) is 3.93. The molecule has 7 rings (SSSR count). The molecule has 2 atom stereocenters. The van der Waals surface area contributed by atoms with Crippen molar-refractivity contribution in [2.45, 2.75) is 57.8 Å². The summed E-state index contributed by atoms with van der Waals surface area (Å²) in [6.45, 7) is 10.6. The molecule has 0 bridgehead atoms. The number of amides is 1. The lowest BCUT2D eigenvalue weighted by molar-refractivity contribution is 0.00901. The molecular formula is C38H44F3N7O4S. The monoisotopic (exact) mass is 751 g/mol. The number of ether oxygens (including phenoxy) is 1. The minimum Gasteiger partial charge on any atom is -0.573 e. The van der Waals surface area contributed by atoms with Crippen molar-refractivity contribution < 1.29 is 32.0 Å². The van der Waals surface area contributed by atoms with Crippen LogP contribution >= 0.6 is 0 Å². The second kappa shape index (κ2) is 15.2. The number of rotatable bonds is 8. The molecule has 4 aromatic rings. The number of anilines is 2. The summed E-state index contributed by atoms with van der Waals surface area (Å²) in [7, 11) is 0.